The second-order valence-electron chi connectivity index (χ2n) is 5.70. The van der Waals surface area contributed by atoms with Crippen molar-refractivity contribution in [2.45, 2.75) is 19.5 Å². The van der Waals surface area contributed by atoms with Gasteiger partial charge in [0.15, 0.2) is 0 Å². The minimum Gasteiger partial charge on any atom is -0.496 e. The van der Waals surface area contributed by atoms with E-state index in [0.29, 0.717) is 6.04 Å². The van der Waals surface area contributed by atoms with Gasteiger partial charge in [-0.25, -0.2) is 0 Å². The van der Waals surface area contributed by atoms with Gasteiger partial charge < -0.3 is 10.1 Å². The lowest BCUT2D eigenvalue weighted by atomic mass is 10.0. The van der Waals surface area contributed by atoms with Crippen molar-refractivity contribution in [3.8, 4) is 5.75 Å². The normalized spacial score (nSPS) is 19.1. The smallest absolute Gasteiger partial charge is 0.123 e. The first-order chi connectivity index (χ1) is 10.8. The van der Waals surface area contributed by atoms with Gasteiger partial charge in [-0.2, -0.15) is 0 Å². The molecule has 2 aromatic rings. The SMILES string of the molecule is COc1ccccc1[C@@H]1CNCCN1Cc1ncccc1C. The molecule has 2 heterocycles. The zero-order valence-corrected chi connectivity index (χ0v) is 13.2. The average Bonchev–Trinajstić information content (AvgIpc) is 2.57. The summed E-state index contributed by atoms with van der Waals surface area (Å²) < 4.78 is 5.55. The van der Waals surface area contributed by atoms with Crippen molar-refractivity contribution in [1.82, 2.24) is 15.2 Å². The molecule has 3 rings (SSSR count). The molecule has 0 saturated carbocycles. The quantitative estimate of drug-likeness (QED) is 0.941. The molecule has 4 heteroatoms. The van der Waals surface area contributed by atoms with E-state index in [1.165, 1.54) is 11.1 Å². The van der Waals surface area contributed by atoms with E-state index < -0.39 is 0 Å². The lowest BCUT2D eigenvalue weighted by Gasteiger charge is -2.37. The van der Waals surface area contributed by atoms with E-state index in [-0.39, 0.29) is 0 Å². The van der Waals surface area contributed by atoms with Gasteiger partial charge in [0, 0.05) is 37.9 Å². The molecular weight excluding hydrogens is 274 g/mol. The van der Waals surface area contributed by atoms with Crippen LogP contribution in [0.15, 0.2) is 42.6 Å². The molecule has 1 aliphatic heterocycles. The number of aryl methyl sites for hydroxylation is 1. The molecule has 22 heavy (non-hydrogen) atoms. The Hall–Kier alpha value is -1.91. The summed E-state index contributed by atoms with van der Waals surface area (Å²) in [7, 11) is 1.74. The number of piperazine rings is 1. The van der Waals surface area contributed by atoms with Crippen molar-refractivity contribution in [3.63, 3.8) is 0 Å². The summed E-state index contributed by atoms with van der Waals surface area (Å²) in [5.41, 5.74) is 3.65. The van der Waals surface area contributed by atoms with Gasteiger partial charge in [0.05, 0.1) is 18.8 Å². The molecule has 0 bridgehead atoms. The van der Waals surface area contributed by atoms with Crippen LogP contribution in [-0.2, 0) is 6.54 Å². The Bertz CT molecular complexity index is 629. The third kappa shape index (κ3) is 3.13. The van der Waals surface area contributed by atoms with Crippen LogP contribution >= 0.6 is 0 Å². The third-order valence-corrected chi connectivity index (χ3v) is 4.32. The topological polar surface area (TPSA) is 37.4 Å². The highest BCUT2D eigenvalue weighted by molar-refractivity contribution is 5.36. The highest BCUT2D eigenvalue weighted by Gasteiger charge is 2.26. The summed E-state index contributed by atoms with van der Waals surface area (Å²) in [6.45, 7) is 5.96. The van der Waals surface area contributed by atoms with Gasteiger partial charge in [-0.1, -0.05) is 24.3 Å². The Labute approximate surface area is 132 Å². The van der Waals surface area contributed by atoms with Crippen LogP contribution in [0.4, 0.5) is 0 Å². The van der Waals surface area contributed by atoms with Crippen LogP contribution in [0.1, 0.15) is 22.9 Å². The largest absolute Gasteiger partial charge is 0.496 e. The minimum atomic E-state index is 0.311. The van der Waals surface area contributed by atoms with E-state index in [0.717, 1.165) is 37.6 Å². The second-order valence-corrected chi connectivity index (χ2v) is 5.70. The molecule has 1 aromatic carbocycles. The summed E-state index contributed by atoms with van der Waals surface area (Å²) in [4.78, 5) is 7.04. The fourth-order valence-corrected chi connectivity index (χ4v) is 3.06. The molecule has 0 amide bonds. The molecule has 1 fully saturated rings. The number of nitrogens with zero attached hydrogens (tertiary/aromatic N) is 2. The molecule has 0 spiro atoms. The first kappa shape index (κ1) is 15.0. The van der Waals surface area contributed by atoms with Gasteiger partial charge >= 0.3 is 0 Å². The van der Waals surface area contributed by atoms with Gasteiger partial charge in [-0.05, 0) is 24.6 Å². The number of hydrogen-bond acceptors (Lipinski definition) is 4. The van der Waals surface area contributed by atoms with E-state index in [4.69, 9.17) is 4.74 Å². The Morgan fingerprint density at radius 2 is 2.14 bits per heavy atom. The second kappa shape index (κ2) is 6.90. The van der Waals surface area contributed by atoms with Crippen LogP contribution in [0.3, 0.4) is 0 Å². The molecule has 0 unspecified atom stereocenters. The average molecular weight is 297 g/mol. The minimum absolute atomic E-state index is 0.311. The molecule has 1 saturated heterocycles. The number of pyridine rings is 1. The van der Waals surface area contributed by atoms with Crippen LogP contribution in [0.5, 0.6) is 5.75 Å². The Morgan fingerprint density at radius 1 is 1.27 bits per heavy atom. The van der Waals surface area contributed by atoms with Crippen LogP contribution in [0.25, 0.3) is 0 Å². The van der Waals surface area contributed by atoms with Crippen LogP contribution in [-0.4, -0.2) is 36.6 Å². The lowest BCUT2D eigenvalue weighted by molar-refractivity contribution is 0.149. The van der Waals surface area contributed by atoms with Crippen LogP contribution in [0, 0.1) is 6.92 Å². The standard InChI is InChI=1S/C18H23N3O/c1-14-6-5-9-20-16(14)13-21-11-10-19-12-17(21)15-7-3-4-8-18(15)22-2/h3-9,17,19H,10-13H2,1-2H3/t17-/m0/s1. The van der Waals surface area contributed by atoms with Crippen molar-refractivity contribution in [3.05, 3.63) is 59.4 Å². The predicted octanol–water partition coefficient (Wildman–Crippen LogP) is 2.55. The molecule has 0 radical (unpaired) electrons. The number of benzene rings is 1. The molecule has 1 aromatic heterocycles. The molecular formula is C18H23N3O. The summed E-state index contributed by atoms with van der Waals surface area (Å²) >= 11 is 0. The highest BCUT2D eigenvalue weighted by Crippen LogP contribution is 2.31. The monoisotopic (exact) mass is 297 g/mol. The summed E-state index contributed by atoms with van der Waals surface area (Å²) in [6.07, 6.45) is 1.88. The van der Waals surface area contributed by atoms with Gasteiger partial charge in [-0.15, -0.1) is 0 Å². The number of nitrogens with one attached hydrogen (secondary N) is 1. The van der Waals surface area contributed by atoms with Gasteiger partial charge in [0.25, 0.3) is 0 Å². The fourth-order valence-electron chi connectivity index (χ4n) is 3.06. The molecule has 116 valence electrons. The van der Waals surface area contributed by atoms with Crippen molar-refractivity contribution >= 4 is 0 Å². The lowest BCUT2D eigenvalue weighted by Crippen LogP contribution is -2.45. The molecule has 1 aliphatic rings. The number of aromatic nitrogens is 1. The summed E-state index contributed by atoms with van der Waals surface area (Å²) in [5.74, 6) is 0.957. The van der Waals surface area contributed by atoms with Crippen LogP contribution in [0.2, 0.25) is 0 Å². The maximum atomic E-state index is 5.55. The maximum Gasteiger partial charge on any atom is 0.123 e. The number of hydrogen-bond donors (Lipinski definition) is 1. The number of para-hydroxylation sites is 1. The maximum absolute atomic E-state index is 5.55. The number of rotatable bonds is 4. The number of methoxy groups -OCH3 is 1. The predicted molar refractivity (Wildman–Crippen MR) is 88.0 cm³/mol. The van der Waals surface area contributed by atoms with Crippen molar-refractivity contribution in [2.75, 3.05) is 26.7 Å². The van der Waals surface area contributed by atoms with E-state index in [1.807, 2.05) is 24.4 Å². The van der Waals surface area contributed by atoms with Gasteiger partial charge in [0.2, 0.25) is 0 Å². The Balaban J connectivity index is 1.87. The van der Waals surface area contributed by atoms with Crippen molar-refractivity contribution in [1.29, 1.82) is 0 Å². The van der Waals surface area contributed by atoms with Crippen molar-refractivity contribution < 1.29 is 4.74 Å². The first-order valence-corrected chi connectivity index (χ1v) is 7.78. The number of ether oxygens (including phenoxy) is 1. The van der Waals surface area contributed by atoms with E-state index in [2.05, 4.69) is 40.3 Å². The molecule has 4 nitrogen and oxygen atoms in total. The van der Waals surface area contributed by atoms with E-state index >= 15 is 0 Å². The molecule has 1 atom stereocenters. The van der Waals surface area contributed by atoms with E-state index in [9.17, 15) is 0 Å². The summed E-state index contributed by atoms with van der Waals surface area (Å²) in [5, 5.41) is 3.50. The zero-order chi connectivity index (χ0) is 15.4. The Kier molecular flexibility index (Phi) is 4.71. The zero-order valence-electron chi connectivity index (χ0n) is 13.2. The fraction of sp³-hybridized carbons (Fsp3) is 0.389. The van der Waals surface area contributed by atoms with E-state index in [1.54, 1.807) is 7.11 Å². The first-order valence-electron chi connectivity index (χ1n) is 7.78. The van der Waals surface area contributed by atoms with Gasteiger partial charge in [-0.3, -0.25) is 9.88 Å². The van der Waals surface area contributed by atoms with Crippen molar-refractivity contribution in [2.24, 2.45) is 0 Å². The Morgan fingerprint density at radius 3 is 2.95 bits per heavy atom. The summed E-state index contributed by atoms with van der Waals surface area (Å²) in [6, 6.07) is 12.7. The third-order valence-electron chi connectivity index (χ3n) is 4.32. The molecule has 0 aliphatic carbocycles. The van der Waals surface area contributed by atoms with Gasteiger partial charge in [0.1, 0.15) is 5.75 Å². The van der Waals surface area contributed by atoms with Crippen LogP contribution < -0.4 is 10.1 Å². The molecule has 1 N–H and O–H groups in total. The highest BCUT2D eigenvalue weighted by atomic mass is 16.5.